The molecule has 0 amide bonds. The van der Waals surface area contributed by atoms with E-state index >= 15 is 0 Å². The monoisotopic (exact) mass is 489 g/mol. The van der Waals surface area contributed by atoms with E-state index in [2.05, 4.69) is 28.9 Å². The van der Waals surface area contributed by atoms with E-state index < -0.39 is 11.6 Å². The van der Waals surface area contributed by atoms with Gasteiger partial charge in [-0.3, -0.25) is 4.98 Å². The first-order chi connectivity index (χ1) is 17.5. The number of halogens is 2. The van der Waals surface area contributed by atoms with Crippen LogP contribution in [-0.4, -0.2) is 60.2 Å². The molecule has 1 aliphatic rings. The highest BCUT2D eigenvalue weighted by Crippen LogP contribution is 2.40. The van der Waals surface area contributed by atoms with Crippen LogP contribution >= 0.6 is 0 Å². The van der Waals surface area contributed by atoms with Crippen LogP contribution in [0.25, 0.3) is 33.4 Å². The zero-order valence-corrected chi connectivity index (χ0v) is 20.7. The summed E-state index contributed by atoms with van der Waals surface area (Å²) in [7, 11) is 5.71. The van der Waals surface area contributed by atoms with Crippen LogP contribution in [0.2, 0.25) is 0 Å². The fraction of sp³-hybridized carbons (Fsp3) is 0.321. The van der Waals surface area contributed by atoms with E-state index in [9.17, 15) is 8.78 Å². The molecule has 3 heterocycles. The van der Waals surface area contributed by atoms with Crippen molar-refractivity contribution in [2.45, 2.75) is 25.3 Å². The van der Waals surface area contributed by atoms with E-state index in [0.717, 1.165) is 55.2 Å². The van der Waals surface area contributed by atoms with Gasteiger partial charge in [-0.15, -0.1) is 0 Å². The second-order valence-corrected chi connectivity index (χ2v) is 9.37. The molecule has 0 spiro atoms. The molecule has 36 heavy (non-hydrogen) atoms. The van der Waals surface area contributed by atoms with Crippen LogP contribution in [0.3, 0.4) is 0 Å². The van der Waals surface area contributed by atoms with E-state index in [1.807, 2.05) is 18.2 Å². The second kappa shape index (κ2) is 10.1. The Hall–Kier alpha value is -3.65. The van der Waals surface area contributed by atoms with Crippen LogP contribution in [0.15, 0.2) is 54.9 Å². The zero-order valence-electron chi connectivity index (χ0n) is 20.7. The fourth-order valence-electron chi connectivity index (χ4n) is 4.89. The molecule has 1 saturated heterocycles. The number of pyridine rings is 1. The number of rotatable bonds is 7. The van der Waals surface area contributed by atoms with Gasteiger partial charge in [0.05, 0.1) is 7.11 Å². The summed E-state index contributed by atoms with van der Waals surface area (Å²) in [5.41, 5.74) is 2.11. The molecular weight excluding hydrogens is 460 g/mol. The van der Waals surface area contributed by atoms with Crippen molar-refractivity contribution >= 4 is 16.7 Å². The van der Waals surface area contributed by atoms with Gasteiger partial charge in [-0.05, 0) is 75.8 Å². The average molecular weight is 490 g/mol. The number of anilines is 1. The Balaban J connectivity index is 1.74. The third kappa shape index (κ3) is 4.60. The molecular formula is C28H29F2N5O. The lowest BCUT2D eigenvalue weighted by Gasteiger charge is -2.28. The largest absolute Gasteiger partial charge is 0.494 e. The summed E-state index contributed by atoms with van der Waals surface area (Å²) in [5, 5.41) is 0.748. The van der Waals surface area contributed by atoms with Crippen molar-refractivity contribution in [3.63, 3.8) is 0 Å². The van der Waals surface area contributed by atoms with Gasteiger partial charge in [-0.2, -0.15) is 0 Å². The minimum Gasteiger partial charge on any atom is -0.494 e. The molecule has 6 nitrogen and oxygen atoms in total. The van der Waals surface area contributed by atoms with Crippen molar-refractivity contribution < 1.29 is 13.5 Å². The minimum atomic E-state index is -0.891. The Labute approximate surface area is 209 Å². The van der Waals surface area contributed by atoms with Gasteiger partial charge in [0.2, 0.25) is 0 Å². The maximum atomic E-state index is 14.8. The molecule has 2 aromatic heterocycles. The summed E-state index contributed by atoms with van der Waals surface area (Å²) >= 11 is 0. The van der Waals surface area contributed by atoms with Crippen molar-refractivity contribution in [1.82, 2.24) is 19.9 Å². The van der Waals surface area contributed by atoms with Crippen LogP contribution in [0.5, 0.6) is 5.75 Å². The lowest BCUT2D eigenvalue weighted by Crippen LogP contribution is -2.33. The summed E-state index contributed by atoms with van der Waals surface area (Å²) in [5.74, 6) is 0.0181. The van der Waals surface area contributed by atoms with Crippen molar-refractivity contribution in [1.29, 1.82) is 0 Å². The normalized spacial score (nSPS) is 15.7. The van der Waals surface area contributed by atoms with Crippen LogP contribution in [0, 0.1) is 11.6 Å². The van der Waals surface area contributed by atoms with Crippen molar-refractivity contribution in [2.24, 2.45) is 0 Å². The molecule has 0 radical (unpaired) electrons. The van der Waals surface area contributed by atoms with Crippen molar-refractivity contribution in [3.8, 4) is 28.3 Å². The molecule has 186 valence electrons. The first-order valence-electron chi connectivity index (χ1n) is 12.1. The predicted octanol–water partition coefficient (Wildman–Crippen LogP) is 5.57. The van der Waals surface area contributed by atoms with Gasteiger partial charge in [0, 0.05) is 41.5 Å². The summed E-state index contributed by atoms with van der Waals surface area (Å²) in [4.78, 5) is 18.6. The highest BCUT2D eigenvalue weighted by Gasteiger charge is 2.29. The maximum Gasteiger partial charge on any atom is 0.166 e. The van der Waals surface area contributed by atoms with E-state index in [0.29, 0.717) is 28.7 Å². The third-order valence-corrected chi connectivity index (χ3v) is 6.71. The molecule has 1 aliphatic heterocycles. The number of aromatic nitrogens is 3. The number of benzene rings is 2. The van der Waals surface area contributed by atoms with Gasteiger partial charge >= 0.3 is 0 Å². The SMILES string of the molecule is COc1cc(-c2cccc(F)c2F)cc2c(N3CCCC3CCN(C)C)nc(-c3cccnc3)nc12. The molecule has 0 saturated carbocycles. The molecule has 1 atom stereocenters. The second-order valence-electron chi connectivity index (χ2n) is 9.37. The molecule has 2 aromatic carbocycles. The summed E-state index contributed by atoms with van der Waals surface area (Å²) in [6.07, 6.45) is 6.57. The van der Waals surface area contributed by atoms with E-state index in [-0.39, 0.29) is 5.56 Å². The smallest absolute Gasteiger partial charge is 0.166 e. The highest BCUT2D eigenvalue weighted by molar-refractivity contribution is 5.98. The Kier molecular flexibility index (Phi) is 6.78. The van der Waals surface area contributed by atoms with Crippen molar-refractivity contribution in [3.05, 3.63) is 66.5 Å². The number of hydrogen-bond acceptors (Lipinski definition) is 6. The van der Waals surface area contributed by atoms with E-state index in [1.165, 1.54) is 6.07 Å². The topological polar surface area (TPSA) is 54.4 Å². The lowest BCUT2D eigenvalue weighted by atomic mass is 10.0. The van der Waals surface area contributed by atoms with Gasteiger partial charge in [0.1, 0.15) is 17.1 Å². The Morgan fingerprint density at radius 2 is 1.94 bits per heavy atom. The molecule has 8 heteroatoms. The first-order valence-corrected chi connectivity index (χ1v) is 12.1. The number of nitrogens with zero attached hydrogens (tertiary/aromatic N) is 5. The summed E-state index contributed by atoms with van der Waals surface area (Å²) in [6.45, 7) is 1.82. The first kappa shape index (κ1) is 24.1. The molecule has 0 aliphatic carbocycles. The van der Waals surface area contributed by atoms with E-state index in [4.69, 9.17) is 14.7 Å². The standard InChI is InChI=1S/C28H29F2N5O/c1-34(2)14-11-20-8-6-13-35(20)28-22-15-19(21-9-4-10-23(29)25(21)30)16-24(36-3)26(22)32-27(33-28)18-7-5-12-31-17-18/h4-5,7,9-10,12,15-17,20H,6,8,11,13-14H2,1-3H3. The Morgan fingerprint density at radius 3 is 2.69 bits per heavy atom. The number of ether oxygens (including phenoxy) is 1. The molecule has 4 aromatic rings. The lowest BCUT2D eigenvalue weighted by molar-refractivity contribution is 0.380. The van der Waals surface area contributed by atoms with Gasteiger partial charge in [-0.25, -0.2) is 18.7 Å². The molecule has 5 rings (SSSR count). The third-order valence-electron chi connectivity index (χ3n) is 6.71. The quantitative estimate of drug-likeness (QED) is 0.339. The van der Waals surface area contributed by atoms with Gasteiger partial charge in [0.15, 0.2) is 17.5 Å². The number of methoxy groups -OCH3 is 1. The Morgan fingerprint density at radius 1 is 1.08 bits per heavy atom. The highest BCUT2D eigenvalue weighted by atomic mass is 19.2. The van der Waals surface area contributed by atoms with Gasteiger partial charge < -0.3 is 14.5 Å². The predicted molar refractivity (Wildman–Crippen MR) is 138 cm³/mol. The summed E-state index contributed by atoms with van der Waals surface area (Å²) in [6, 6.07) is 11.8. The van der Waals surface area contributed by atoms with Gasteiger partial charge in [0.25, 0.3) is 0 Å². The molecule has 1 unspecified atom stereocenters. The fourth-order valence-corrected chi connectivity index (χ4v) is 4.89. The molecule has 1 fully saturated rings. The molecule has 0 N–H and O–H groups in total. The van der Waals surface area contributed by atoms with Crippen LogP contribution < -0.4 is 9.64 Å². The van der Waals surface area contributed by atoms with E-state index in [1.54, 1.807) is 31.6 Å². The van der Waals surface area contributed by atoms with Crippen LogP contribution in [0.4, 0.5) is 14.6 Å². The maximum absolute atomic E-state index is 14.8. The Bertz CT molecular complexity index is 1380. The number of fused-ring (bicyclic) bond motifs is 1. The number of hydrogen-bond donors (Lipinski definition) is 0. The zero-order chi connectivity index (χ0) is 25.2. The average Bonchev–Trinajstić information content (AvgIpc) is 3.37. The van der Waals surface area contributed by atoms with Crippen molar-refractivity contribution in [2.75, 3.05) is 39.2 Å². The minimum absolute atomic E-state index is 0.170. The summed E-state index contributed by atoms with van der Waals surface area (Å²) < 4.78 is 34.6. The molecule has 0 bridgehead atoms. The van der Waals surface area contributed by atoms with Crippen LogP contribution in [0.1, 0.15) is 19.3 Å². The van der Waals surface area contributed by atoms with Crippen LogP contribution in [-0.2, 0) is 0 Å². The van der Waals surface area contributed by atoms with Gasteiger partial charge in [-0.1, -0.05) is 12.1 Å².